The molecule has 2 aromatic heterocycles. The summed E-state index contributed by atoms with van der Waals surface area (Å²) in [5, 5.41) is 3.66. The van der Waals surface area contributed by atoms with Gasteiger partial charge < -0.3 is 9.47 Å². The number of hydrogen-bond acceptors (Lipinski definition) is 7. The minimum atomic E-state index is -3.53. The molecule has 0 spiro atoms. The molecular weight excluding hydrogens is 344 g/mol. The van der Waals surface area contributed by atoms with E-state index in [0.29, 0.717) is 30.5 Å². The molecule has 0 amide bonds. The highest BCUT2D eigenvalue weighted by Crippen LogP contribution is 2.20. The molecule has 9 heteroatoms. The largest absolute Gasteiger partial charge is 0.380 e. The maximum absolute atomic E-state index is 12.3. The summed E-state index contributed by atoms with van der Waals surface area (Å²) in [4.78, 5) is 4.17. The maximum atomic E-state index is 12.3. The third-order valence-electron chi connectivity index (χ3n) is 3.29. The van der Waals surface area contributed by atoms with Crippen LogP contribution in [0.4, 0.5) is 0 Å². The molecule has 6 nitrogen and oxygen atoms in total. The van der Waals surface area contributed by atoms with Crippen LogP contribution in [0, 0.1) is 0 Å². The van der Waals surface area contributed by atoms with Gasteiger partial charge in [-0.05, 0) is 17.9 Å². The maximum Gasteiger partial charge on any atom is 0.250 e. The van der Waals surface area contributed by atoms with Crippen LogP contribution in [0.1, 0.15) is 12.1 Å². The molecule has 1 fully saturated rings. The smallest absolute Gasteiger partial charge is 0.250 e. The molecule has 120 valence electrons. The van der Waals surface area contributed by atoms with E-state index in [1.54, 1.807) is 23.0 Å². The van der Waals surface area contributed by atoms with Crippen LogP contribution < -0.4 is 4.72 Å². The monoisotopic (exact) mass is 360 g/mol. The highest BCUT2D eigenvalue weighted by Gasteiger charge is 2.31. The Labute approximate surface area is 137 Å². The van der Waals surface area contributed by atoms with E-state index in [4.69, 9.17) is 9.47 Å². The fourth-order valence-electron chi connectivity index (χ4n) is 2.20. The normalized spacial score (nSPS) is 22.7. The molecule has 0 radical (unpaired) electrons. The van der Waals surface area contributed by atoms with Crippen molar-refractivity contribution in [3.05, 3.63) is 34.1 Å². The fourth-order valence-corrected chi connectivity index (χ4v) is 5.00. The first kappa shape index (κ1) is 16.0. The molecule has 0 bridgehead atoms. The van der Waals surface area contributed by atoms with Crippen LogP contribution in [0.25, 0.3) is 0 Å². The summed E-state index contributed by atoms with van der Waals surface area (Å²) >= 11 is 2.70. The Kier molecular flexibility index (Phi) is 5.21. The molecule has 0 unspecified atom stereocenters. The van der Waals surface area contributed by atoms with Crippen LogP contribution in [-0.4, -0.2) is 38.8 Å². The minimum Gasteiger partial charge on any atom is -0.380 e. The van der Waals surface area contributed by atoms with E-state index < -0.39 is 10.0 Å². The van der Waals surface area contributed by atoms with E-state index in [-0.39, 0.29) is 12.1 Å². The highest BCUT2D eigenvalue weighted by molar-refractivity contribution is 7.91. The number of nitrogens with zero attached hydrogens (tertiary/aromatic N) is 1. The van der Waals surface area contributed by atoms with Gasteiger partial charge in [0.2, 0.25) is 10.0 Å². The van der Waals surface area contributed by atoms with Gasteiger partial charge in [-0.15, -0.1) is 22.7 Å². The molecule has 1 aliphatic rings. The quantitative estimate of drug-likeness (QED) is 0.851. The predicted molar refractivity (Wildman–Crippen MR) is 84.6 cm³/mol. The zero-order chi connectivity index (χ0) is 15.4. The topological polar surface area (TPSA) is 77.5 Å². The zero-order valence-electron chi connectivity index (χ0n) is 11.7. The van der Waals surface area contributed by atoms with Crippen molar-refractivity contribution in [2.24, 2.45) is 0 Å². The lowest BCUT2D eigenvalue weighted by Crippen LogP contribution is -2.50. The number of rotatable bonds is 6. The molecule has 2 aromatic rings. The van der Waals surface area contributed by atoms with Gasteiger partial charge >= 0.3 is 0 Å². The number of nitrogens with one attached hydrogen (secondary N) is 1. The SMILES string of the molecule is O=S(=O)(N[C@@H]1COCC[C@@H]1OCc1cscn1)c1cccs1. The summed E-state index contributed by atoms with van der Waals surface area (Å²) in [7, 11) is -3.53. The van der Waals surface area contributed by atoms with Gasteiger partial charge in [0.05, 0.1) is 36.6 Å². The first-order chi connectivity index (χ1) is 10.6. The number of ether oxygens (including phenoxy) is 2. The zero-order valence-corrected chi connectivity index (χ0v) is 14.1. The van der Waals surface area contributed by atoms with Gasteiger partial charge in [0.15, 0.2) is 0 Å². The summed E-state index contributed by atoms with van der Waals surface area (Å²) < 4.78 is 38.9. The van der Waals surface area contributed by atoms with Gasteiger partial charge in [-0.25, -0.2) is 18.1 Å². The van der Waals surface area contributed by atoms with Gasteiger partial charge in [-0.1, -0.05) is 6.07 Å². The van der Waals surface area contributed by atoms with E-state index in [2.05, 4.69) is 9.71 Å². The molecule has 1 aliphatic heterocycles. The summed E-state index contributed by atoms with van der Waals surface area (Å²) in [6, 6.07) is 2.91. The number of thiophene rings is 1. The number of thiazole rings is 1. The van der Waals surface area contributed by atoms with Crippen molar-refractivity contribution in [2.45, 2.75) is 29.4 Å². The molecule has 1 saturated heterocycles. The molecule has 2 atom stereocenters. The van der Waals surface area contributed by atoms with Gasteiger partial charge in [-0.3, -0.25) is 0 Å². The van der Waals surface area contributed by atoms with Gasteiger partial charge in [0, 0.05) is 12.0 Å². The Hall–Kier alpha value is -0.840. The molecular formula is C13H16N2O4S3. The Morgan fingerprint density at radius 1 is 1.50 bits per heavy atom. The summed E-state index contributed by atoms with van der Waals surface area (Å²) in [5.74, 6) is 0. The Morgan fingerprint density at radius 3 is 3.14 bits per heavy atom. The van der Waals surface area contributed by atoms with Crippen molar-refractivity contribution < 1.29 is 17.9 Å². The Balaban J connectivity index is 1.65. The van der Waals surface area contributed by atoms with Crippen molar-refractivity contribution >= 4 is 32.7 Å². The lowest BCUT2D eigenvalue weighted by Gasteiger charge is -2.31. The number of sulfonamides is 1. The summed E-state index contributed by atoms with van der Waals surface area (Å²) in [6.07, 6.45) is 0.437. The molecule has 1 N–H and O–H groups in total. The molecule has 0 aliphatic carbocycles. The van der Waals surface area contributed by atoms with E-state index in [0.717, 1.165) is 5.69 Å². The van der Waals surface area contributed by atoms with Gasteiger partial charge in [-0.2, -0.15) is 0 Å². The van der Waals surface area contributed by atoms with E-state index in [9.17, 15) is 8.42 Å². The van der Waals surface area contributed by atoms with E-state index in [1.807, 2.05) is 5.38 Å². The lowest BCUT2D eigenvalue weighted by atomic mass is 10.1. The molecule has 3 heterocycles. The first-order valence-electron chi connectivity index (χ1n) is 6.77. The highest BCUT2D eigenvalue weighted by atomic mass is 32.2. The Morgan fingerprint density at radius 2 is 2.41 bits per heavy atom. The van der Waals surface area contributed by atoms with E-state index >= 15 is 0 Å². The average Bonchev–Trinajstić information content (AvgIpc) is 3.20. The average molecular weight is 360 g/mol. The second kappa shape index (κ2) is 7.16. The molecule has 0 saturated carbocycles. The molecule has 22 heavy (non-hydrogen) atoms. The summed E-state index contributed by atoms with van der Waals surface area (Å²) in [6.45, 7) is 1.26. The van der Waals surface area contributed by atoms with Crippen LogP contribution in [0.3, 0.4) is 0 Å². The van der Waals surface area contributed by atoms with Crippen LogP contribution in [0.5, 0.6) is 0 Å². The summed E-state index contributed by atoms with van der Waals surface area (Å²) in [5.41, 5.74) is 2.61. The predicted octanol–water partition coefficient (Wildman–Crippen LogP) is 1.86. The second-order valence-electron chi connectivity index (χ2n) is 4.85. The van der Waals surface area contributed by atoms with Crippen molar-refractivity contribution in [3.63, 3.8) is 0 Å². The van der Waals surface area contributed by atoms with E-state index in [1.165, 1.54) is 22.7 Å². The van der Waals surface area contributed by atoms with Gasteiger partial charge in [0.25, 0.3) is 0 Å². The first-order valence-corrected chi connectivity index (χ1v) is 10.1. The minimum absolute atomic E-state index is 0.217. The van der Waals surface area contributed by atoms with Crippen LogP contribution in [0.2, 0.25) is 0 Å². The van der Waals surface area contributed by atoms with Crippen molar-refractivity contribution in [1.82, 2.24) is 9.71 Å². The molecule has 3 rings (SSSR count). The van der Waals surface area contributed by atoms with Crippen LogP contribution >= 0.6 is 22.7 Å². The fraction of sp³-hybridized carbons (Fsp3) is 0.462. The third kappa shape index (κ3) is 3.92. The van der Waals surface area contributed by atoms with Crippen molar-refractivity contribution in [1.29, 1.82) is 0 Å². The Bertz CT molecular complexity index is 670. The number of aromatic nitrogens is 1. The van der Waals surface area contributed by atoms with Crippen LogP contribution in [-0.2, 0) is 26.1 Å². The molecule has 0 aromatic carbocycles. The number of hydrogen-bond donors (Lipinski definition) is 1. The third-order valence-corrected chi connectivity index (χ3v) is 6.81. The lowest BCUT2D eigenvalue weighted by molar-refractivity contribution is -0.0578. The van der Waals surface area contributed by atoms with Crippen molar-refractivity contribution in [2.75, 3.05) is 13.2 Å². The van der Waals surface area contributed by atoms with Crippen molar-refractivity contribution in [3.8, 4) is 0 Å². The van der Waals surface area contributed by atoms with Gasteiger partial charge in [0.1, 0.15) is 4.21 Å². The standard InChI is InChI=1S/C13H16N2O4S3/c16-22(17,13-2-1-5-21-13)15-11-7-18-4-3-12(11)19-6-10-8-20-9-14-10/h1-2,5,8-9,11-12,15H,3-4,6-7H2/t11-,12+/m1/s1. The second-order valence-corrected chi connectivity index (χ2v) is 8.46. The van der Waals surface area contributed by atoms with Crippen LogP contribution in [0.15, 0.2) is 32.6 Å².